The zero-order valence-electron chi connectivity index (χ0n) is 11.8. The minimum atomic E-state index is -0.307. The van der Waals surface area contributed by atoms with Crippen molar-refractivity contribution in [2.75, 3.05) is 21.7 Å². The number of hydrogen-bond donors (Lipinski definition) is 4. The third kappa shape index (κ3) is 3.76. The summed E-state index contributed by atoms with van der Waals surface area (Å²) in [5.41, 5.74) is 9.50. The van der Waals surface area contributed by atoms with Crippen molar-refractivity contribution in [2.45, 2.75) is 6.92 Å². The van der Waals surface area contributed by atoms with E-state index < -0.39 is 0 Å². The van der Waals surface area contributed by atoms with E-state index in [1.54, 1.807) is 30.5 Å². The number of amides is 2. The van der Waals surface area contributed by atoms with Gasteiger partial charge in [-0.1, -0.05) is 12.6 Å². The molecule has 0 aliphatic heterocycles. The number of nitrogens with one attached hydrogen (secondary N) is 3. The van der Waals surface area contributed by atoms with Crippen LogP contribution in [-0.4, -0.2) is 6.03 Å². The second-order valence-corrected chi connectivity index (χ2v) is 4.53. The third-order valence-corrected chi connectivity index (χ3v) is 3.01. The highest BCUT2D eigenvalue weighted by molar-refractivity contribution is 6.00. The van der Waals surface area contributed by atoms with Gasteiger partial charge in [0.05, 0.1) is 0 Å². The van der Waals surface area contributed by atoms with Gasteiger partial charge in [0.2, 0.25) is 0 Å². The van der Waals surface area contributed by atoms with Gasteiger partial charge < -0.3 is 21.7 Å². The van der Waals surface area contributed by atoms with E-state index in [0.29, 0.717) is 11.4 Å². The summed E-state index contributed by atoms with van der Waals surface area (Å²) >= 11 is 0. The molecule has 0 bridgehead atoms. The Morgan fingerprint density at radius 2 is 1.76 bits per heavy atom. The molecule has 5 N–H and O–H groups in total. The molecule has 2 amide bonds. The lowest BCUT2D eigenvalue weighted by molar-refractivity contribution is 0.262. The first-order chi connectivity index (χ1) is 10.1. The van der Waals surface area contributed by atoms with Crippen molar-refractivity contribution in [3.8, 4) is 0 Å². The average Bonchev–Trinajstić information content (AvgIpc) is 2.46. The zero-order chi connectivity index (χ0) is 15.2. The Morgan fingerprint density at radius 3 is 2.43 bits per heavy atom. The summed E-state index contributed by atoms with van der Waals surface area (Å²) in [5, 5.41) is 8.59. The van der Waals surface area contributed by atoms with Crippen LogP contribution in [0.2, 0.25) is 0 Å². The fourth-order valence-corrected chi connectivity index (χ4v) is 1.89. The fraction of sp³-hybridized carbons (Fsp3) is 0.0625. The van der Waals surface area contributed by atoms with Gasteiger partial charge in [0.15, 0.2) is 0 Å². The lowest BCUT2D eigenvalue weighted by atomic mass is 10.1. The maximum Gasteiger partial charge on any atom is 0.323 e. The van der Waals surface area contributed by atoms with Gasteiger partial charge in [0.25, 0.3) is 0 Å². The predicted molar refractivity (Wildman–Crippen MR) is 88.5 cm³/mol. The summed E-state index contributed by atoms with van der Waals surface area (Å²) in [6, 6.07) is 12.3. The van der Waals surface area contributed by atoms with Gasteiger partial charge in [-0.2, -0.15) is 0 Å². The number of nitrogens with two attached hydrogens (primary N) is 1. The summed E-state index contributed by atoms with van der Waals surface area (Å²) < 4.78 is 0. The molecule has 0 aliphatic rings. The van der Waals surface area contributed by atoms with Crippen molar-refractivity contribution in [3.63, 3.8) is 0 Å². The highest BCUT2D eigenvalue weighted by atomic mass is 16.2. The molecule has 2 aromatic rings. The van der Waals surface area contributed by atoms with Gasteiger partial charge in [-0.05, 0) is 55.1 Å². The molecular weight excluding hydrogens is 264 g/mol. The van der Waals surface area contributed by atoms with Crippen molar-refractivity contribution in [1.82, 2.24) is 0 Å². The Kier molecular flexibility index (Phi) is 4.46. The van der Waals surface area contributed by atoms with Crippen molar-refractivity contribution >= 4 is 28.8 Å². The summed E-state index contributed by atoms with van der Waals surface area (Å²) in [5.74, 6) is 0. The van der Waals surface area contributed by atoms with Gasteiger partial charge in [0, 0.05) is 22.7 Å². The van der Waals surface area contributed by atoms with Crippen molar-refractivity contribution in [2.24, 2.45) is 0 Å². The number of anilines is 4. The number of carbonyl (C=O) groups excluding carboxylic acids is 1. The van der Waals surface area contributed by atoms with E-state index in [1.807, 2.05) is 25.1 Å². The molecule has 0 saturated heterocycles. The second-order valence-electron chi connectivity index (χ2n) is 4.53. The molecule has 0 heterocycles. The minimum Gasteiger partial charge on any atom is -0.399 e. The lowest BCUT2D eigenvalue weighted by Gasteiger charge is -2.13. The molecule has 2 aromatic carbocycles. The molecule has 0 aromatic heterocycles. The first-order valence-electron chi connectivity index (χ1n) is 6.51. The van der Waals surface area contributed by atoms with Gasteiger partial charge in [0.1, 0.15) is 0 Å². The van der Waals surface area contributed by atoms with E-state index >= 15 is 0 Å². The normalized spacial score (nSPS) is 9.76. The maximum atomic E-state index is 12.0. The van der Waals surface area contributed by atoms with E-state index in [2.05, 4.69) is 22.5 Å². The summed E-state index contributed by atoms with van der Waals surface area (Å²) in [4.78, 5) is 12.0. The van der Waals surface area contributed by atoms with E-state index in [9.17, 15) is 4.79 Å². The summed E-state index contributed by atoms with van der Waals surface area (Å²) in [6.45, 7) is 5.55. The first-order valence-corrected chi connectivity index (χ1v) is 6.51. The van der Waals surface area contributed by atoms with Gasteiger partial charge in [-0.15, -0.1) is 0 Å². The average molecular weight is 282 g/mol. The predicted octanol–water partition coefficient (Wildman–Crippen LogP) is 3.78. The molecule has 0 fully saturated rings. The molecule has 21 heavy (non-hydrogen) atoms. The van der Waals surface area contributed by atoms with Crippen molar-refractivity contribution in [3.05, 3.63) is 60.8 Å². The minimum absolute atomic E-state index is 0.307. The van der Waals surface area contributed by atoms with Gasteiger partial charge in [-0.25, -0.2) is 4.79 Å². The van der Waals surface area contributed by atoms with Gasteiger partial charge >= 0.3 is 6.03 Å². The van der Waals surface area contributed by atoms with Crippen LogP contribution >= 0.6 is 0 Å². The number of hydrogen-bond acceptors (Lipinski definition) is 3. The van der Waals surface area contributed by atoms with Crippen molar-refractivity contribution < 1.29 is 4.79 Å². The molecule has 0 spiro atoms. The molecule has 0 saturated carbocycles. The number of rotatable bonds is 4. The Balaban J connectivity index is 2.07. The Bertz CT molecular complexity index is 650. The van der Waals surface area contributed by atoms with Crippen LogP contribution in [-0.2, 0) is 0 Å². The zero-order valence-corrected chi connectivity index (χ0v) is 11.8. The molecule has 0 aliphatic carbocycles. The quantitative estimate of drug-likeness (QED) is 0.644. The number of urea groups is 1. The number of benzene rings is 2. The maximum absolute atomic E-state index is 12.0. The highest BCUT2D eigenvalue weighted by Gasteiger charge is 2.07. The largest absolute Gasteiger partial charge is 0.399 e. The number of carbonyl (C=O) groups is 1. The van der Waals surface area contributed by atoms with E-state index in [0.717, 1.165) is 16.9 Å². The molecule has 0 unspecified atom stereocenters. The van der Waals surface area contributed by atoms with Crippen LogP contribution in [0.3, 0.4) is 0 Å². The monoisotopic (exact) mass is 282 g/mol. The van der Waals surface area contributed by atoms with Crippen LogP contribution in [0.5, 0.6) is 0 Å². The van der Waals surface area contributed by atoms with Crippen LogP contribution in [0.4, 0.5) is 27.5 Å². The topological polar surface area (TPSA) is 79.2 Å². The van der Waals surface area contributed by atoms with Crippen LogP contribution in [0.1, 0.15) is 5.56 Å². The second kappa shape index (κ2) is 6.47. The van der Waals surface area contributed by atoms with Crippen LogP contribution in [0.15, 0.2) is 55.2 Å². The smallest absolute Gasteiger partial charge is 0.323 e. The van der Waals surface area contributed by atoms with E-state index in [-0.39, 0.29) is 6.03 Å². The molecule has 5 heteroatoms. The SMILES string of the molecule is C=CNc1cccc(NC(=O)Nc2ccc(N)cc2)c1C. The van der Waals surface area contributed by atoms with Crippen LogP contribution in [0.25, 0.3) is 0 Å². The molecule has 2 rings (SSSR count). The molecule has 0 atom stereocenters. The van der Waals surface area contributed by atoms with Crippen molar-refractivity contribution in [1.29, 1.82) is 0 Å². The van der Waals surface area contributed by atoms with Crippen LogP contribution < -0.4 is 21.7 Å². The summed E-state index contributed by atoms with van der Waals surface area (Å²) in [7, 11) is 0. The molecular formula is C16H18N4O. The Morgan fingerprint density at radius 1 is 1.10 bits per heavy atom. The molecule has 108 valence electrons. The Hall–Kier alpha value is -2.95. The standard InChI is InChI=1S/C16H18N4O/c1-3-18-14-5-4-6-15(11(14)2)20-16(21)19-13-9-7-12(17)8-10-13/h3-10,18H,1,17H2,2H3,(H2,19,20,21). The van der Waals surface area contributed by atoms with E-state index in [1.165, 1.54) is 0 Å². The highest BCUT2D eigenvalue weighted by Crippen LogP contribution is 2.23. The number of nitrogen functional groups attached to an aromatic ring is 1. The first kappa shape index (κ1) is 14.5. The molecule has 5 nitrogen and oxygen atoms in total. The molecule has 0 radical (unpaired) electrons. The lowest BCUT2D eigenvalue weighted by Crippen LogP contribution is -2.20. The van der Waals surface area contributed by atoms with E-state index in [4.69, 9.17) is 5.73 Å². The van der Waals surface area contributed by atoms with Gasteiger partial charge in [-0.3, -0.25) is 0 Å². The third-order valence-electron chi connectivity index (χ3n) is 3.01. The summed E-state index contributed by atoms with van der Waals surface area (Å²) in [6.07, 6.45) is 1.60. The Labute approximate surface area is 123 Å². The van der Waals surface area contributed by atoms with Crippen LogP contribution in [0, 0.1) is 6.92 Å². The fourth-order valence-electron chi connectivity index (χ4n) is 1.89.